The van der Waals surface area contributed by atoms with E-state index in [1.165, 1.54) is 6.92 Å². The van der Waals surface area contributed by atoms with Crippen LogP contribution in [0.25, 0.3) is 0 Å². The summed E-state index contributed by atoms with van der Waals surface area (Å²) < 4.78 is 0. The first-order chi connectivity index (χ1) is 17.7. The molecule has 8 nitrogen and oxygen atoms in total. The summed E-state index contributed by atoms with van der Waals surface area (Å²) in [5.74, 6) is -0.915. The number of carbonyl (C=O) groups is 3. The number of nitrogens with zero attached hydrogens (tertiary/aromatic N) is 2. The van der Waals surface area contributed by atoms with Gasteiger partial charge in [-0.1, -0.05) is 60.7 Å². The van der Waals surface area contributed by atoms with Crippen LogP contribution in [0.2, 0.25) is 0 Å². The van der Waals surface area contributed by atoms with E-state index < -0.39 is 17.7 Å². The van der Waals surface area contributed by atoms with Crippen molar-refractivity contribution in [2.45, 2.75) is 63.3 Å². The van der Waals surface area contributed by atoms with Gasteiger partial charge in [0.05, 0.1) is 12.6 Å². The number of likely N-dealkylation sites (N-methyl/N-ethyl adjacent to an activating group) is 1. The van der Waals surface area contributed by atoms with E-state index in [-0.39, 0.29) is 37.4 Å². The second-order valence-electron chi connectivity index (χ2n) is 10.6. The van der Waals surface area contributed by atoms with Gasteiger partial charge >= 0.3 is 0 Å². The second kappa shape index (κ2) is 11.5. The Morgan fingerprint density at radius 3 is 2.24 bits per heavy atom. The summed E-state index contributed by atoms with van der Waals surface area (Å²) in [6, 6.07) is 19.1. The SMILES string of the molecule is CNC(Cc1ccccc1)C(O)C(CC(=O)C1CCN2CC(C)(NC(C)=O)C(=O)N12)Cc1ccccc1.[HH]. The Balaban J connectivity index is 0.00000400. The van der Waals surface area contributed by atoms with Crippen LogP contribution < -0.4 is 10.6 Å². The summed E-state index contributed by atoms with van der Waals surface area (Å²) in [5, 5.41) is 21.0. The third kappa shape index (κ3) is 6.09. The van der Waals surface area contributed by atoms with Gasteiger partial charge in [-0.3, -0.25) is 19.4 Å². The molecule has 2 aliphatic heterocycles. The van der Waals surface area contributed by atoms with E-state index in [0.29, 0.717) is 32.4 Å². The van der Waals surface area contributed by atoms with Crippen molar-refractivity contribution >= 4 is 17.6 Å². The number of aliphatic hydroxyl groups is 1. The van der Waals surface area contributed by atoms with Crippen LogP contribution >= 0.6 is 0 Å². The molecular formula is C29H40N4O4. The van der Waals surface area contributed by atoms with Crippen molar-refractivity contribution in [3.8, 4) is 0 Å². The molecule has 2 aromatic rings. The minimum atomic E-state index is -1.04. The van der Waals surface area contributed by atoms with Crippen LogP contribution in [0.1, 0.15) is 39.2 Å². The molecule has 2 saturated heterocycles. The zero-order valence-electron chi connectivity index (χ0n) is 21.9. The maximum absolute atomic E-state index is 13.7. The Kier molecular flexibility index (Phi) is 8.42. The summed E-state index contributed by atoms with van der Waals surface area (Å²) in [4.78, 5) is 38.7. The van der Waals surface area contributed by atoms with Crippen LogP contribution in [0, 0.1) is 5.92 Å². The Bertz CT molecular complexity index is 1100. The zero-order chi connectivity index (χ0) is 26.6. The maximum atomic E-state index is 13.7. The number of hydrogen-bond acceptors (Lipinski definition) is 6. The third-order valence-corrected chi connectivity index (χ3v) is 7.63. The van der Waals surface area contributed by atoms with Crippen molar-refractivity contribution in [2.75, 3.05) is 20.1 Å². The summed E-state index contributed by atoms with van der Waals surface area (Å²) in [6.07, 6.45) is 1.12. The minimum absolute atomic E-state index is 0. The number of Topliss-reactive ketones (excluding diaryl/α,β-unsaturated/α-hetero) is 1. The number of ketones is 1. The predicted octanol–water partition coefficient (Wildman–Crippen LogP) is 1.97. The van der Waals surface area contributed by atoms with Gasteiger partial charge < -0.3 is 15.7 Å². The van der Waals surface area contributed by atoms with E-state index in [9.17, 15) is 19.5 Å². The smallest absolute Gasteiger partial charge is 0.264 e. The van der Waals surface area contributed by atoms with Gasteiger partial charge in [-0.2, -0.15) is 0 Å². The largest absolute Gasteiger partial charge is 0.391 e. The van der Waals surface area contributed by atoms with Crippen LogP contribution in [0.15, 0.2) is 60.7 Å². The standard InChI is InChI=1S/C29H38N4O4.H2/c1-20(34)31-29(2)19-32-15-14-25(33(32)28(29)37)26(35)18-23(16-21-10-6-4-7-11-21)27(36)24(30-3)17-22-12-8-5-9-13-22;/h4-13,23-25,27,30,36H,14-19H2,1-3H3,(H,31,34);1H. The monoisotopic (exact) mass is 508 g/mol. The fraction of sp³-hybridized carbons (Fsp3) is 0.483. The van der Waals surface area contributed by atoms with Gasteiger partial charge in [-0.05, 0) is 50.3 Å². The quantitative estimate of drug-likeness (QED) is 0.429. The second-order valence-corrected chi connectivity index (χ2v) is 10.6. The summed E-state index contributed by atoms with van der Waals surface area (Å²) >= 11 is 0. The number of benzene rings is 2. The Hall–Kier alpha value is -3.07. The normalized spacial score (nSPS) is 23.9. The number of aliphatic hydroxyl groups excluding tert-OH is 1. The van der Waals surface area contributed by atoms with E-state index in [0.717, 1.165) is 11.1 Å². The molecule has 3 N–H and O–H groups in total. The number of fused-ring (bicyclic) bond motifs is 1. The highest BCUT2D eigenvalue weighted by molar-refractivity contribution is 5.96. The number of amides is 2. The Morgan fingerprint density at radius 2 is 1.68 bits per heavy atom. The van der Waals surface area contributed by atoms with Crippen molar-refractivity contribution in [1.29, 1.82) is 0 Å². The molecule has 200 valence electrons. The van der Waals surface area contributed by atoms with Crippen molar-refractivity contribution in [3.05, 3.63) is 71.8 Å². The highest BCUT2D eigenvalue weighted by atomic mass is 16.3. The molecule has 0 radical (unpaired) electrons. The van der Waals surface area contributed by atoms with Gasteiger partial charge in [0.2, 0.25) is 5.91 Å². The molecule has 0 saturated carbocycles. The molecule has 4 rings (SSSR count). The minimum Gasteiger partial charge on any atom is -0.391 e. The molecule has 8 heteroatoms. The zero-order valence-corrected chi connectivity index (χ0v) is 21.9. The van der Waals surface area contributed by atoms with Gasteiger partial charge in [-0.25, -0.2) is 5.01 Å². The molecule has 2 heterocycles. The number of hydrogen-bond donors (Lipinski definition) is 3. The number of hydrazine groups is 1. The Labute approximate surface area is 220 Å². The topological polar surface area (TPSA) is 102 Å². The lowest BCUT2D eigenvalue weighted by Gasteiger charge is -2.32. The molecule has 2 amide bonds. The highest BCUT2D eigenvalue weighted by Gasteiger charge is 2.54. The molecule has 0 aromatic heterocycles. The molecule has 0 bridgehead atoms. The van der Waals surface area contributed by atoms with E-state index >= 15 is 0 Å². The maximum Gasteiger partial charge on any atom is 0.264 e. The summed E-state index contributed by atoms with van der Waals surface area (Å²) in [7, 11) is 1.83. The molecule has 5 unspecified atom stereocenters. The average Bonchev–Trinajstić information content (AvgIpc) is 3.39. The highest BCUT2D eigenvalue weighted by Crippen LogP contribution is 2.33. The number of carbonyl (C=O) groups excluding carboxylic acids is 3. The number of rotatable bonds is 11. The first kappa shape index (κ1) is 27.0. The third-order valence-electron chi connectivity index (χ3n) is 7.63. The van der Waals surface area contributed by atoms with Gasteiger partial charge in [0.25, 0.3) is 5.91 Å². The van der Waals surface area contributed by atoms with E-state index in [1.54, 1.807) is 11.9 Å². The summed E-state index contributed by atoms with van der Waals surface area (Å²) in [5.41, 5.74) is 1.12. The van der Waals surface area contributed by atoms with Gasteiger partial charge in [0.1, 0.15) is 11.6 Å². The van der Waals surface area contributed by atoms with Crippen molar-refractivity contribution < 1.29 is 20.9 Å². The van der Waals surface area contributed by atoms with Gasteiger partial charge in [0.15, 0.2) is 5.78 Å². The molecule has 2 aromatic carbocycles. The molecule has 0 aliphatic carbocycles. The van der Waals surface area contributed by atoms with E-state index in [2.05, 4.69) is 10.6 Å². The van der Waals surface area contributed by atoms with Gasteiger partial charge in [-0.15, -0.1) is 0 Å². The van der Waals surface area contributed by atoms with Crippen molar-refractivity contribution in [3.63, 3.8) is 0 Å². The van der Waals surface area contributed by atoms with Crippen LogP contribution in [0.4, 0.5) is 0 Å². The van der Waals surface area contributed by atoms with Crippen LogP contribution in [-0.4, -0.2) is 76.6 Å². The molecule has 5 atom stereocenters. The lowest BCUT2D eigenvalue weighted by molar-refractivity contribution is -0.147. The first-order valence-corrected chi connectivity index (χ1v) is 13.0. The predicted molar refractivity (Wildman–Crippen MR) is 143 cm³/mol. The van der Waals surface area contributed by atoms with E-state index in [4.69, 9.17) is 0 Å². The van der Waals surface area contributed by atoms with Crippen LogP contribution in [0.5, 0.6) is 0 Å². The first-order valence-electron chi connectivity index (χ1n) is 13.0. The molecule has 0 spiro atoms. The molecular weight excluding hydrogens is 468 g/mol. The fourth-order valence-electron chi connectivity index (χ4n) is 5.80. The fourth-order valence-corrected chi connectivity index (χ4v) is 5.80. The van der Waals surface area contributed by atoms with Crippen molar-refractivity contribution in [1.82, 2.24) is 20.7 Å². The van der Waals surface area contributed by atoms with Crippen LogP contribution in [0.3, 0.4) is 0 Å². The molecule has 2 fully saturated rings. The molecule has 37 heavy (non-hydrogen) atoms. The summed E-state index contributed by atoms with van der Waals surface area (Å²) in [6.45, 7) is 4.03. The van der Waals surface area contributed by atoms with Crippen molar-refractivity contribution in [2.24, 2.45) is 5.92 Å². The molecule has 2 aliphatic rings. The number of nitrogens with one attached hydrogen (secondary N) is 2. The lowest BCUT2D eigenvalue weighted by atomic mass is 9.83. The van der Waals surface area contributed by atoms with Gasteiger partial charge in [0, 0.05) is 27.4 Å². The average molecular weight is 509 g/mol. The van der Waals surface area contributed by atoms with E-state index in [1.807, 2.05) is 72.7 Å². The Morgan fingerprint density at radius 1 is 1.08 bits per heavy atom. The van der Waals surface area contributed by atoms with Crippen LogP contribution in [-0.2, 0) is 27.2 Å². The lowest BCUT2D eigenvalue weighted by Crippen LogP contribution is -2.55.